The maximum absolute atomic E-state index is 12.1. The third-order valence-electron chi connectivity index (χ3n) is 2.03. The number of halogens is 9. The molecule has 0 aliphatic rings. The van der Waals surface area contributed by atoms with Gasteiger partial charge >= 0.3 is 33.6 Å². The van der Waals surface area contributed by atoms with Crippen LogP contribution in [0.15, 0.2) is 18.2 Å². The number of rotatable bonds is 4. The van der Waals surface area contributed by atoms with Crippen molar-refractivity contribution in [1.82, 2.24) is 0 Å². The topological polar surface area (TPSA) is 102 Å². The third-order valence-corrected chi connectivity index (χ3v) is 10.0. The maximum atomic E-state index is 12.1. The van der Waals surface area contributed by atoms with Gasteiger partial charge < -0.3 is 0 Å². The average molecular weight is 535 g/mol. The summed E-state index contributed by atoms with van der Waals surface area (Å²) < 4.78 is 167. The van der Waals surface area contributed by atoms with Crippen LogP contribution in [0.25, 0.3) is 0 Å². The molecule has 0 aliphatic heterocycles. The van der Waals surface area contributed by atoms with E-state index >= 15 is 0 Å². The van der Waals surface area contributed by atoms with E-state index in [1.165, 1.54) is 6.08 Å². The molecule has 0 aromatic rings. The fraction of sp³-hybridized carbons (Fsp3) is 0.556. The fourth-order valence-electron chi connectivity index (χ4n) is 0.939. The van der Waals surface area contributed by atoms with Gasteiger partial charge in [-0.1, -0.05) is 6.92 Å². The molecule has 0 radical (unpaired) electrons. The van der Waals surface area contributed by atoms with Gasteiger partial charge in [-0.05, 0) is 0 Å². The first-order valence-electron chi connectivity index (χ1n) is 5.60. The predicted molar refractivity (Wildman–Crippen MR) is 72.4 cm³/mol. The minimum atomic E-state index is -7.94. The quantitative estimate of drug-likeness (QED) is 0.238. The van der Waals surface area contributed by atoms with E-state index in [4.69, 9.17) is 6.58 Å². The van der Waals surface area contributed by atoms with Crippen LogP contribution < -0.4 is 0 Å². The molecule has 28 heavy (non-hydrogen) atoms. The van der Waals surface area contributed by atoms with Gasteiger partial charge in [-0.3, -0.25) is 6.58 Å². The first kappa shape index (κ1) is 31.9. The largest absolute Gasteiger partial charge is 2.00 e. The van der Waals surface area contributed by atoms with E-state index in [9.17, 15) is 64.8 Å². The minimum absolute atomic E-state index is 0. The second-order valence-electron chi connectivity index (χ2n) is 3.98. The van der Waals surface area contributed by atoms with Gasteiger partial charge in [-0.25, -0.2) is 37.4 Å². The Bertz CT molecular complexity index is 759. The van der Waals surface area contributed by atoms with Crippen LogP contribution in [0.3, 0.4) is 0 Å². The zero-order chi connectivity index (χ0) is 22.7. The number of alkyl halides is 9. The summed E-state index contributed by atoms with van der Waals surface area (Å²) in [5.41, 5.74) is -21.1. The zero-order valence-corrected chi connectivity index (χ0v) is 16.4. The maximum Gasteiger partial charge on any atom is 2.00 e. The predicted octanol–water partition coefficient (Wildman–Crippen LogP) is 2.62. The Labute approximate surface area is 163 Å². The Morgan fingerprint density at radius 1 is 0.679 bits per heavy atom. The van der Waals surface area contributed by atoms with Crippen LogP contribution in [-0.4, -0.2) is 45.7 Å². The van der Waals surface area contributed by atoms with Crippen LogP contribution in [0.1, 0.15) is 6.92 Å². The van der Waals surface area contributed by atoms with Gasteiger partial charge in [0.15, 0.2) is 0 Å². The molecule has 0 aromatic carbocycles. The van der Waals surface area contributed by atoms with E-state index in [1.807, 2.05) is 13.0 Å². The molecule has 0 aliphatic carbocycles. The molecule has 0 spiro atoms. The number of sulfone groups is 3. The van der Waals surface area contributed by atoms with Gasteiger partial charge in [0.25, 0.3) is 33.4 Å². The molecule has 0 unspecified atom stereocenters. The zero-order valence-electron chi connectivity index (χ0n) is 12.8. The molecule has 0 aromatic heterocycles. The Morgan fingerprint density at radius 3 is 0.964 bits per heavy atom. The van der Waals surface area contributed by atoms with Crippen LogP contribution in [-0.2, 0) is 46.6 Å². The van der Waals surface area contributed by atoms with Crippen molar-refractivity contribution in [2.75, 3.05) is 0 Å². The van der Waals surface area contributed by atoms with Crippen molar-refractivity contribution in [1.29, 1.82) is 0 Å². The Hall–Kier alpha value is -0.781. The second-order valence-corrected chi connectivity index (χ2v) is 10.9. The van der Waals surface area contributed by atoms with Crippen LogP contribution in [0.5, 0.6) is 0 Å². The van der Waals surface area contributed by atoms with Crippen LogP contribution in [0.4, 0.5) is 39.5 Å². The summed E-state index contributed by atoms with van der Waals surface area (Å²) in [6.07, 6.45) is 5.15. The molecular formula is C9H8F9FeO6S3+. The first-order valence-corrected chi connectivity index (χ1v) is 10.2. The summed E-state index contributed by atoms with van der Waals surface area (Å²) in [6, 6.07) is 0. The molecule has 0 bridgehead atoms. The van der Waals surface area contributed by atoms with E-state index < -0.39 is 50.0 Å². The molecule has 0 N–H and O–H groups in total. The van der Waals surface area contributed by atoms with Gasteiger partial charge in [0.05, 0.1) is 0 Å². The molecule has 6 nitrogen and oxygen atoms in total. The average Bonchev–Trinajstić information content (AvgIpc) is 2.34. The molecule has 0 amide bonds. The summed E-state index contributed by atoms with van der Waals surface area (Å²) in [5.74, 6) is 0. The van der Waals surface area contributed by atoms with Crippen molar-refractivity contribution in [3.8, 4) is 0 Å². The Morgan fingerprint density at radius 2 is 0.893 bits per heavy atom. The molecule has 0 heterocycles. The summed E-state index contributed by atoms with van der Waals surface area (Å²) >= 11 is 0. The third kappa shape index (κ3) is 6.92. The van der Waals surface area contributed by atoms with Crippen LogP contribution >= 0.6 is 0 Å². The smallest absolute Gasteiger partial charge is 0.293 e. The van der Waals surface area contributed by atoms with Gasteiger partial charge in [0.2, 0.25) is 0 Å². The van der Waals surface area contributed by atoms with Crippen molar-refractivity contribution < 1.29 is 81.8 Å². The van der Waals surface area contributed by atoms with Gasteiger partial charge in [-0.2, -0.15) is 45.6 Å². The second kappa shape index (κ2) is 9.82. The molecule has 19 heteroatoms. The molecule has 0 atom stereocenters. The SMILES string of the molecule is O=S(=O)(C(S(=O)(=O)C(F)(F)F)S(=O)(=O)C(F)(F)F)C(F)(F)F.[CH-]=CC=CC.[Fe+2]. The molecule has 0 saturated heterocycles. The standard InChI is InChI=1S/C5H7.C4HF9O6S3.Fe/c1-3-5-4-2;5-2(6,7)20(14,15)1(21(16,17)3(8,9)10)22(18,19)4(11,12)13;/h1,3-5H,2H3;1H;/q-1;;+2. The fourth-order valence-corrected chi connectivity index (χ4v) is 7.56. The number of hydrogen-bond acceptors (Lipinski definition) is 6. The van der Waals surface area contributed by atoms with Crippen molar-refractivity contribution in [2.45, 2.75) is 27.4 Å². The van der Waals surface area contributed by atoms with Crippen molar-refractivity contribution in [2.24, 2.45) is 0 Å². The van der Waals surface area contributed by atoms with Crippen LogP contribution in [0, 0.1) is 6.58 Å². The van der Waals surface area contributed by atoms with E-state index in [2.05, 4.69) is 0 Å². The van der Waals surface area contributed by atoms with Crippen molar-refractivity contribution in [3.05, 3.63) is 24.8 Å². The van der Waals surface area contributed by atoms with Crippen molar-refractivity contribution >= 4 is 29.5 Å². The molecule has 168 valence electrons. The molecule has 0 fully saturated rings. The summed E-state index contributed by atoms with van der Waals surface area (Å²) in [6.45, 7) is 6.85. The Balaban J connectivity index is -0.000000918. The number of allylic oxidation sites excluding steroid dienone is 3. The normalized spacial score (nSPS) is 14.2. The van der Waals surface area contributed by atoms with E-state index in [0.717, 1.165) is 0 Å². The molecule has 0 saturated carbocycles. The Kier molecular flexibility index (Phi) is 11.2. The molecular weight excluding hydrogens is 527 g/mol. The van der Waals surface area contributed by atoms with E-state index in [1.54, 1.807) is 6.08 Å². The number of hydrogen-bond donors (Lipinski definition) is 0. The molecule has 0 rings (SSSR count). The van der Waals surface area contributed by atoms with E-state index in [0.29, 0.717) is 0 Å². The summed E-state index contributed by atoms with van der Waals surface area (Å²) in [5, 5.41) is 0. The van der Waals surface area contributed by atoms with Gasteiger partial charge in [0.1, 0.15) is 0 Å². The van der Waals surface area contributed by atoms with Gasteiger partial charge in [0, 0.05) is 0 Å². The summed E-state index contributed by atoms with van der Waals surface area (Å²) in [7, 11) is -23.8. The van der Waals surface area contributed by atoms with E-state index in [-0.39, 0.29) is 17.1 Å². The summed E-state index contributed by atoms with van der Waals surface area (Å²) in [4.78, 5) is 0. The van der Waals surface area contributed by atoms with Crippen LogP contribution in [0.2, 0.25) is 0 Å². The van der Waals surface area contributed by atoms with Crippen molar-refractivity contribution in [3.63, 3.8) is 0 Å². The first-order chi connectivity index (χ1) is 11.5. The van der Waals surface area contributed by atoms with Gasteiger partial charge in [-0.15, -0.1) is 0 Å². The minimum Gasteiger partial charge on any atom is -0.293 e. The monoisotopic (exact) mass is 535 g/mol.